The van der Waals surface area contributed by atoms with Gasteiger partial charge in [0.05, 0.1) is 8.45 Å². The molecule has 16 heavy (non-hydrogen) atoms. The van der Waals surface area contributed by atoms with E-state index in [9.17, 15) is 4.79 Å². The lowest BCUT2D eigenvalue weighted by Crippen LogP contribution is -2.11. The number of halogens is 2. The van der Waals surface area contributed by atoms with Gasteiger partial charge in [-0.05, 0) is 40.8 Å². The largest absolute Gasteiger partial charge is 0.306 e. The minimum Gasteiger partial charge on any atom is -0.306 e. The molecule has 82 valence electrons. The van der Waals surface area contributed by atoms with Crippen molar-refractivity contribution in [3.63, 3.8) is 0 Å². The van der Waals surface area contributed by atoms with E-state index < -0.39 is 0 Å². The average molecular weight is 365 g/mol. The van der Waals surface area contributed by atoms with Crippen LogP contribution in [0.25, 0.3) is 0 Å². The Morgan fingerprint density at radius 3 is 2.94 bits per heavy atom. The molecular formula is C10H6ClIN2OS. The van der Waals surface area contributed by atoms with Gasteiger partial charge in [-0.1, -0.05) is 17.7 Å². The number of carbonyl (C=O) groups is 1. The van der Waals surface area contributed by atoms with Crippen LogP contribution in [0.4, 0.5) is 5.82 Å². The Balaban J connectivity index is 2.13. The number of amides is 1. The minimum absolute atomic E-state index is 0.172. The molecule has 0 radical (unpaired) electrons. The third-order valence-electron chi connectivity index (χ3n) is 1.79. The van der Waals surface area contributed by atoms with E-state index in [-0.39, 0.29) is 5.91 Å². The molecule has 0 aromatic carbocycles. The van der Waals surface area contributed by atoms with E-state index in [1.54, 1.807) is 18.2 Å². The zero-order valence-corrected chi connectivity index (χ0v) is 11.6. The van der Waals surface area contributed by atoms with Crippen LogP contribution in [0.3, 0.4) is 0 Å². The van der Waals surface area contributed by atoms with Crippen LogP contribution in [0, 0.1) is 2.88 Å². The molecule has 6 heteroatoms. The predicted octanol–water partition coefficient (Wildman–Crippen LogP) is 3.65. The van der Waals surface area contributed by atoms with Gasteiger partial charge in [-0.2, -0.15) is 0 Å². The fourth-order valence-electron chi connectivity index (χ4n) is 1.10. The highest BCUT2D eigenvalue weighted by Gasteiger charge is 2.08. The van der Waals surface area contributed by atoms with Crippen molar-refractivity contribution in [1.29, 1.82) is 0 Å². The summed E-state index contributed by atoms with van der Waals surface area (Å²) in [5.74, 6) is 0.285. The average Bonchev–Trinajstić information content (AvgIpc) is 2.65. The SMILES string of the molecule is O=C(Nc1cccc(Cl)n1)c1csc(I)c1. The Kier molecular flexibility index (Phi) is 3.78. The van der Waals surface area contributed by atoms with Gasteiger partial charge in [0.1, 0.15) is 11.0 Å². The number of carbonyl (C=O) groups excluding carboxylic acids is 1. The van der Waals surface area contributed by atoms with Crippen molar-refractivity contribution in [3.05, 3.63) is 43.2 Å². The maximum Gasteiger partial charge on any atom is 0.257 e. The fraction of sp³-hybridized carbons (Fsp3) is 0. The number of aromatic nitrogens is 1. The lowest BCUT2D eigenvalue weighted by atomic mass is 10.3. The molecule has 3 nitrogen and oxygen atoms in total. The number of pyridine rings is 1. The van der Waals surface area contributed by atoms with Crippen LogP contribution in [0.15, 0.2) is 29.6 Å². The molecule has 2 heterocycles. The standard InChI is InChI=1S/C10H6ClIN2OS/c11-7-2-1-3-9(13-7)14-10(15)6-4-8(12)16-5-6/h1-5H,(H,13,14,15). The Labute approximate surface area is 115 Å². The zero-order valence-electron chi connectivity index (χ0n) is 7.91. The van der Waals surface area contributed by atoms with Crippen LogP contribution in [-0.4, -0.2) is 10.9 Å². The molecule has 2 aromatic heterocycles. The van der Waals surface area contributed by atoms with E-state index in [1.165, 1.54) is 11.3 Å². The van der Waals surface area contributed by atoms with Crippen molar-refractivity contribution in [2.75, 3.05) is 5.32 Å². The van der Waals surface area contributed by atoms with Gasteiger partial charge < -0.3 is 5.32 Å². The van der Waals surface area contributed by atoms with Gasteiger partial charge in [0, 0.05) is 5.38 Å². The molecule has 0 aliphatic rings. The van der Waals surface area contributed by atoms with Crippen LogP contribution >= 0.6 is 45.5 Å². The monoisotopic (exact) mass is 364 g/mol. The zero-order chi connectivity index (χ0) is 11.5. The lowest BCUT2D eigenvalue weighted by molar-refractivity contribution is 0.102. The Hall–Kier alpha value is -0.660. The molecule has 0 saturated heterocycles. The first-order chi connectivity index (χ1) is 7.65. The van der Waals surface area contributed by atoms with Gasteiger partial charge >= 0.3 is 0 Å². The first-order valence-corrected chi connectivity index (χ1v) is 6.67. The highest BCUT2D eigenvalue weighted by molar-refractivity contribution is 14.1. The van der Waals surface area contributed by atoms with Crippen LogP contribution in [0.5, 0.6) is 0 Å². The van der Waals surface area contributed by atoms with Crippen molar-refractivity contribution in [3.8, 4) is 0 Å². The second-order valence-electron chi connectivity index (χ2n) is 2.94. The molecule has 1 amide bonds. The van der Waals surface area contributed by atoms with Gasteiger partial charge in [0.15, 0.2) is 0 Å². The maximum atomic E-state index is 11.7. The van der Waals surface area contributed by atoms with Gasteiger partial charge in [0.25, 0.3) is 5.91 Å². The molecule has 0 saturated carbocycles. The summed E-state index contributed by atoms with van der Waals surface area (Å²) in [7, 11) is 0. The van der Waals surface area contributed by atoms with Crippen molar-refractivity contribution in [2.45, 2.75) is 0 Å². The van der Waals surface area contributed by atoms with Crippen LogP contribution in [-0.2, 0) is 0 Å². The van der Waals surface area contributed by atoms with E-state index in [0.29, 0.717) is 16.5 Å². The molecule has 2 aromatic rings. The van der Waals surface area contributed by atoms with E-state index in [2.05, 4.69) is 32.9 Å². The number of anilines is 1. The lowest BCUT2D eigenvalue weighted by Gasteiger charge is -2.02. The van der Waals surface area contributed by atoms with E-state index in [1.807, 2.05) is 11.4 Å². The first kappa shape index (κ1) is 11.8. The minimum atomic E-state index is -0.172. The van der Waals surface area contributed by atoms with Gasteiger partial charge in [-0.3, -0.25) is 4.79 Å². The normalized spacial score (nSPS) is 10.1. The van der Waals surface area contributed by atoms with Gasteiger partial charge in [-0.15, -0.1) is 11.3 Å². The summed E-state index contributed by atoms with van der Waals surface area (Å²) >= 11 is 9.41. The number of nitrogens with zero attached hydrogens (tertiary/aromatic N) is 1. The molecule has 2 rings (SSSR count). The van der Waals surface area contributed by atoms with Gasteiger partial charge in [0.2, 0.25) is 0 Å². The summed E-state index contributed by atoms with van der Waals surface area (Å²) in [5, 5.41) is 4.85. The number of rotatable bonds is 2. The van der Waals surface area contributed by atoms with Crippen molar-refractivity contribution >= 4 is 57.3 Å². The van der Waals surface area contributed by atoms with E-state index >= 15 is 0 Å². The summed E-state index contributed by atoms with van der Waals surface area (Å²) in [4.78, 5) is 15.7. The van der Waals surface area contributed by atoms with Crippen molar-refractivity contribution < 1.29 is 4.79 Å². The highest BCUT2D eigenvalue weighted by atomic mass is 127. The van der Waals surface area contributed by atoms with Crippen LogP contribution in [0.1, 0.15) is 10.4 Å². The predicted molar refractivity (Wildman–Crippen MR) is 74.2 cm³/mol. The molecular weight excluding hydrogens is 359 g/mol. The van der Waals surface area contributed by atoms with E-state index in [4.69, 9.17) is 11.6 Å². The number of nitrogens with one attached hydrogen (secondary N) is 1. The smallest absolute Gasteiger partial charge is 0.257 e. The second-order valence-corrected chi connectivity index (χ2v) is 6.13. The third-order valence-corrected chi connectivity index (χ3v) is 3.79. The summed E-state index contributed by atoms with van der Waals surface area (Å²) in [6.07, 6.45) is 0. The molecule has 0 fully saturated rings. The molecule has 0 bridgehead atoms. The molecule has 0 aliphatic carbocycles. The fourth-order valence-corrected chi connectivity index (χ4v) is 2.59. The second kappa shape index (κ2) is 5.11. The maximum absolute atomic E-state index is 11.7. The molecule has 1 N–H and O–H groups in total. The number of hydrogen-bond donors (Lipinski definition) is 1. The molecule has 0 spiro atoms. The molecule has 0 atom stereocenters. The first-order valence-electron chi connectivity index (χ1n) is 4.33. The summed E-state index contributed by atoms with van der Waals surface area (Å²) < 4.78 is 1.07. The highest BCUT2D eigenvalue weighted by Crippen LogP contribution is 2.18. The molecule has 0 unspecified atom stereocenters. The topological polar surface area (TPSA) is 42.0 Å². The summed E-state index contributed by atoms with van der Waals surface area (Å²) in [5.41, 5.74) is 0.635. The van der Waals surface area contributed by atoms with Gasteiger partial charge in [-0.25, -0.2) is 4.98 Å². The Bertz CT molecular complexity index is 529. The summed E-state index contributed by atoms with van der Waals surface area (Å²) in [6.45, 7) is 0. The Morgan fingerprint density at radius 2 is 2.31 bits per heavy atom. The molecule has 0 aliphatic heterocycles. The number of thiophene rings is 1. The van der Waals surface area contributed by atoms with Crippen LogP contribution < -0.4 is 5.32 Å². The summed E-state index contributed by atoms with van der Waals surface area (Å²) in [6, 6.07) is 6.92. The van der Waals surface area contributed by atoms with E-state index in [0.717, 1.165) is 2.88 Å². The van der Waals surface area contributed by atoms with Crippen LogP contribution in [0.2, 0.25) is 5.15 Å². The Morgan fingerprint density at radius 1 is 1.50 bits per heavy atom. The third kappa shape index (κ3) is 2.93. The quantitative estimate of drug-likeness (QED) is 0.653. The number of hydrogen-bond acceptors (Lipinski definition) is 3. The van der Waals surface area contributed by atoms with Crippen molar-refractivity contribution in [1.82, 2.24) is 4.98 Å². The van der Waals surface area contributed by atoms with Crippen molar-refractivity contribution in [2.24, 2.45) is 0 Å².